The Balaban J connectivity index is 2.48. The summed E-state index contributed by atoms with van der Waals surface area (Å²) >= 11 is 2.95. The molecule has 0 saturated carbocycles. The van der Waals surface area contributed by atoms with E-state index in [0.717, 1.165) is 6.07 Å². The first-order chi connectivity index (χ1) is 8.84. The Hall–Kier alpha value is -1.51. The highest BCUT2D eigenvalue weighted by atomic mass is 79.9. The van der Waals surface area contributed by atoms with Crippen molar-refractivity contribution in [1.82, 2.24) is 10.1 Å². The van der Waals surface area contributed by atoms with E-state index in [-0.39, 0.29) is 10.9 Å². The molecule has 0 atom stereocenters. The van der Waals surface area contributed by atoms with Crippen LogP contribution in [-0.2, 0) is 11.5 Å². The van der Waals surface area contributed by atoms with Crippen LogP contribution in [0.3, 0.4) is 0 Å². The van der Waals surface area contributed by atoms with Gasteiger partial charge in [0.05, 0.1) is 5.56 Å². The van der Waals surface area contributed by atoms with Crippen LogP contribution in [0.5, 0.6) is 0 Å². The quantitative estimate of drug-likeness (QED) is 0.613. The lowest BCUT2D eigenvalue weighted by molar-refractivity contribution is -0.159. The summed E-state index contributed by atoms with van der Waals surface area (Å²) in [6, 6.07) is 2.30. The molecular formula is C10H4BrF5N2O. The van der Waals surface area contributed by atoms with Crippen molar-refractivity contribution in [3.8, 4) is 11.4 Å². The largest absolute Gasteiger partial charge is 0.471 e. The van der Waals surface area contributed by atoms with E-state index in [1.165, 1.54) is 6.07 Å². The molecule has 0 unspecified atom stereocenters. The lowest BCUT2D eigenvalue weighted by atomic mass is 10.1. The monoisotopic (exact) mass is 342 g/mol. The lowest BCUT2D eigenvalue weighted by Gasteiger charge is -2.03. The van der Waals surface area contributed by atoms with Gasteiger partial charge >= 0.3 is 12.1 Å². The van der Waals surface area contributed by atoms with Crippen LogP contribution in [0.15, 0.2) is 16.7 Å². The first kappa shape index (κ1) is 13.9. The SMILES string of the molecule is Fc1c(CBr)ccc(-c2noc(C(F)(F)F)n2)c1F. The Labute approximate surface area is 111 Å². The molecule has 0 aliphatic heterocycles. The zero-order chi connectivity index (χ0) is 14.2. The number of hydrogen-bond donors (Lipinski definition) is 0. The first-order valence-electron chi connectivity index (χ1n) is 4.78. The molecule has 0 amide bonds. The van der Waals surface area contributed by atoms with Crippen LogP contribution in [0.4, 0.5) is 22.0 Å². The summed E-state index contributed by atoms with van der Waals surface area (Å²) in [6.07, 6.45) is -4.84. The third kappa shape index (κ3) is 2.60. The van der Waals surface area contributed by atoms with Crippen molar-refractivity contribution < 1.29 is 26.5 Å². The molecule has 3 nitrogen and oxygen atoms in total. The summed E-state index contributed by atoms with van der Waals surface area (Å²) in [5.41, 5.74) is -0.470. The van der Waals surface area contributed by atoms with Gasteiger partial charge in [0, 0.05) is 10.9 Å². The van der Waals surface area contributed by atoms with Gasteiger partial charge in [0.2, 0.25) is 5.82 Å². The van der Waals surface area contributed by atoms with E-state index < -0.39 is 35.1 Å². The van der Waals surface area contributed by atoms with Crippen molar-refractivity contribution in [2.75, 3.05) is 0 Å². The molecule has 0 aliphatic carbocycles. The average molecular weight is 343 g/mol. The molecule has 1 aromatic carbocycles. The molecule has 2 rings (SSSR count). The maximum atomic E-state index is 13.6. The van der Waals surface area contributed by atoms with Crippen molar-refractivity contribution in [1.29, 1.82) is 0 Å². The predicted molar refractivity (Wildman–Crippen MR) is 57.3 cm³/mol. The van der Waals surface area contributed by atoms with Gasteiger partial charge in [-0.25, -0.2) is 8.78 Å². The van der Waals surface area contributed by atoms with Crippen LogP contribution < -0.4 is 0 Å². The summed E-state index contributed by atoms with van der Waals surface area (Å²) in [5.74, 6) is -4.78. The summed E-state index contributed by atoms with van der Waals surface area (Å²) in [5, 5.41) is 3.05. The Morgan fingerprint density at radius 2 is 1.84 bits per heavy atom. The van der Waals surface area contributed by atoms with Gasteiger partial charge in [-0.2, -0.15) is 18.2 Å². The van der Waals surface area contributed by atoms with Crippen LogP contribution >= 0.6 is 15.9 Å². The van der Waals surface area contributed by atoms with Crippen LogP contribution in [0.2, 0.25) is 0 Å². The second-order valence-electron chi connectivity index (χ2n) is 3.45. The van der Waals surface area contributed by atoms with Crippen molar-refractivity contribution in [3.05, 3.63) is 35.2 Å². The van der Waals surface area contributed by atoms with E-state index in [1.54, 1.807) is 0 Å². The third-order valence-corrected chi connectivity index (χ3v) is 2.82. The van der Waals surface area contributed by atoms with Gasteiger partial charge < -0.3 is 4.52 Å². The van der Waals surface area contributed by atoms with Gasteiger partial charge in [0.1, 0.15) is 0 Å². The van der Waals surface area contributed by atoms with Crippen LogP contribution in [0.1, 0.15) is 11.5 Å². The highest BCUT2D eigenvalue weighted by molar-refractivity contribution is 9.08. The summed E-state index contributed by atoms with van der Waals surface area (Å²) < 4.78 is 67.8. The minimum Gasteiger partial charge on any atom is -0.329 e. The van der Waals surface area contributed by atoms with Crippen LogP contribution in [0, 0.1) is 11.6 Å². The minimum atomic E-state index is -4.84. The van der Waals surface area contributed by atoms with E-state index in [2.05, 4.69) is 30.6 Å². The molecule has 0 saturated heterocycles. The number of nitrogens with zero attached hydrogens (tertiary/aromatic N) is 2. The predicted octanol–water partition coefficient (Wildman–Crippen LogP) is 3.93. The molecule has 0 N–H and O–H groups in total. The van der Waals surface area contributed by atoms with E-state index >= 15 is 0 Å². The van der Waals surface area contributed by atoms with Gasteiger partial charge in [-0.3, -0.25) is 0 Å². The number of rotatable bonds is 2. The summed E-state index contributed by atoms with van der Waals surface area (Å²) in [6.45, 7) is 0. The van der Waals surface area contributed by atoms with Gasteiger partial charge in [0.25, 0.3) is 0 Å². The maximum absolute atomic E-state index is 13.6. The Kier molecular flexibility index (Phi) is 3.57. The van der Waals surface area contributed by atoms with E-state index in [1.807, 2.05) is 0 Å². The zero-order valence-corrected chi connectivity index (χ0v) is 10.5. The number of aromatic nitrogens is 2. The maximum Gasteiger partial charge on any atom is 0.471 e. The zero-order valence-electron chi connectivity index (χ0n) is 8.93. The minimum absolute atomic E-state index is 0.0285. The highest BCUT2D eigenvalue weighted by Crippen LogP contribution is 2.31. The first-order valence-corrected chi connectivity index (χ1v) is 5.91. The Bertz CT molecular complexity index is 610. The molecule has 9 heteroatoms. The normalized spacial score (nSPS) is 11.9. The molecule has 0 bridgehead atoms. The van der Waals surface area contributed by atoms with Crippen molar-refractivity contribution in [3.63, 3.8) is 0 Å². The number of hydrogen-bond acceptors (Lipinski definition) is 3. The fraction of sp³-hybridized carbons (Fsp3) is 0.200. The summed E-state index contributed by atoms with van der Waals surface area (Å²) in [7, 11) is 0. The number of halogens is 6. The fourth-order valence-corrected chi connectivity index (χ4v) is 1.75. The van der Waals surface area contributed by atoms with Gasteiger partial charge in [0.15, 0.2) is 11.6 Å². The number of alkyl halides is 4. The summed E-state index contributed by atoms with van der Waals surface area (Å²) in [4.78, 5) is 2.99. The molecule has 19 heavy (non-hydrogen) atoms. The molecule has 0 aliphatic rings. The smallest absolute Gasteiger partial charge is 0.329 e. The molecular weight excluding hydrogens is 339 g/mol. The van der Waals surface area contributed by atoms with Gasteiger partial charge in [-0.15, -0.1) is 0 Å². The molecule has 0 spiro atoms. The lowest BCUT2D eigenvalue weighted by Crippen LogP contribution is -2.05. The van der Waals surface area contributed by atoms with Crippen LogP contribution in [-0.4, -0.2) is 10.1 Å². The molecule has 0 radical (unpaired) electrons. The molecule has 1 heterocycles. The number of benzene rings is 1. The highest BCUT2D eigenvalue weighted by Gasteiger charge is 2.38. The second kappa shape index (κ2) is 4.87. The van der Waals surface area contributed by atoms with Crippen molar-refractivity contribution >= 4 is 15.9 Å². The van der Waals surface area contributed by atoms with Gasteiger partial charge in [-0.1, -0.05) is 27.2 Å². The average Bonchev–Trinajstić information content (AvgIpc) is 2.81. The van der Waals surface area contributed by atoms with E-state index in [4.69, 9.17) is 0 Å². The second-order valence-corrected chi connectivity index (χ2v) is 4.02. The Morgan fingerprint density at radius 3 is 2.37 bits per heavy atom. The molecule has 2 aromatic rings. The molecule has 102 valence electrons. The molecule has 0 fully saturated rings. The van der Waals surface area contributed by atoms with Crippen molar-refractivity contribution in [2.24, 2.45) is 0 Å². The topological polar surface area (TPSA) is 38.9 Å². The van der Waals surface area contributed by atoms with E-state index in [9.17, 15) is 22.0 Å². The Morgan fingerprint density at radius 1 is 1.16 bits per heavy atom. The third-order valence-electron chi connectivity index (χ3n) is 2.22. The van der Waals surface area contributed by atoms with Gasteiger partial charge in [-0.05, 0) is 6.07 Å². The molecule has 1 aromatic heterocycles. The van der Waals surface area contributed by atoms with Crippen molar-refractivity contribution in [2.45, 2.75) is 11.5 Å². The van der Waals surface area contributed by atoms with Crippen LogP contribution in [0.25, 0.3) is 11.4 Å². The van der Waals surface area contributed by atoms with E-state index in [0.29, 0.717) is 0 Å². The standard InChI is InChI=1S/C10H4BrF5N2O/c11-3-4-1-2-5(7(13)6(4)12)8-17-9(19-18-8)10(14,15)16/h1-2H,3H2. The fourth-order valence-electron chi connectivity index (χ4n) is 1.31.